The van der Waals surface area contributed by atoms with E-state index in [-0.39, 0.29) is 23.0 Å². The minimum Gasteiger partial charge on any atom is -0.507 e. The number of para-hydroxylation sites is 1. The third-order valence-corrected chi connectivity index (χ3v) is 12.2. The van der Waals surface area contributed by atoms with Crippen LogP contribution in [0.1, 0.15) is 130 Å². The zero-order valence-electron chi connectivity index (χ0n) is 40.2. The van der Waals surface area contributed by atoms with Crippen LogP contribution in [0.3, 0.4) is 0 Å². The summed E-state index contributed by atoms with van der Waals surface area (Å²) in [5.41, 5.74) is 16.3. The first-order valence-corrected chi connectivity index (χ1v) is 22.0. The lowest BCUT2D eigenvalue weighted by molar-refractivity contribution is 0.466. The van der Waals surface area contributed by atoms with Crippen molar-refractivity contribution in [3.63, 3.8) is 0 Å². The predicted octanol–water partition coefficient (Wildman–Crippen LogP) is 16.3. The van der Waals surface area contributed by atoms with E-state index in [0.717, 1.165) is 83.6 Å². The van der Waals surface area contributed by atoms with Gasteiger partial charge in [-0.25, -0.2) is 4.98 Å². The summed E-state index contributed by atoms with van der Waals surface area (Å²) in [4.78, 5) is 10.5. The Hall–Kier alpha value is -6.26. The van der Waals surface area contributed by atoms with Gasteiger partial charge in [-0.2, -0.15) is 0 Å². The Labute approximate surface area is 372 Å². The second-order valence-electron chi connectivity index (χ2n) is 18.9. The van der Waals surface area contributed by atoms with Crippen molar-refractivity contribution in [2.45, 2.75) is 105 Å². The Morgan fingerprint density at radius 2 is 1.23 bits per heavy atom. The Kier molecular flexibility index (Phi) is 10.9. The maximum absolute atomic E-state index is 12.3. The maximum atomic E-state index is 12.3. The highest BCUT2D eigenvalue weighted by atomic mass is 16.3. The van der Waals surface area contributed by atoms with Crippen molar-refractivity contribution in [3.8, 4) is 67.5 Å². The number of hydrogen-bond acceptors (Lipinski definition) is 3. The third kappa shape index (κ3) is 8.23. The number of aromatic hydroxyl groups is 1. The molecule has 0 radical (unpaired) electrons. The van der Waals surface area contributed by atoms with Gasteiger partial charge in [-0.05, 0) is 128 Å². The van der Waals surface area contributed by atoms with E-state index in [2.05, 4.69) is 162 Å². The van der Waals surface area contributed by atoms with Gasteiger partial charge in [0.25, 0.3) is 0 Å². The molecular formula is C58H61N3O. The van der Waals surface area contributed by atoms with Crippen molar-refractivity contribution in [1.82, 2.24) is 14.5 Å². The van der Waals surface area contributed by atoms with Gasteiger partial charge in [0.2, 0.25) is 0 Å². The lowest BCUT2D eigenvalue weighted by atomic mass is 9.83. The minimum absolute atomic E-state index is 0.0877. The van der Waals surface area contributed by atoms with E-state index >= 15 is 0 Å². The predicted molar refractivity (Wildman–Crippen MR) is 263 cm³/mol. The molecular weight excluding hydrogens is 755 g/mol. The highest BCUT2D eigenvalue weighted by molar-refractivity contribution is 5.98. The largest absolute Gasteiger partial charge is 0.507 e. The molecule has 0 saturated carbocycles. The number of aromatic nitrogens is 3. The summed E-state index contributed by atoms with van der Waals surface area (Å²) in [5.74, 6) is -0.285. The van der Waals surface area contributed by atoms with Crippen LogP contribution >= 0.6 is 0 Å². The van der Waals surface area contributed by atoms with Gasteiger partial charge in [0.1, 0.15) is 11.6 Å². The molecule has 0 spiro atoms. The van der Waals surface area contributed by atoms with Gasteiger partial charge < -0.3 is 5.11 Å². The van der Waals surface area contributed by atoms with Crippen molar-refractivity contribution in [2.24, 2.45) is 0 Å². The van der Waals surface area contributed by atoms with Gasteiger partial charge in [0, 0.05) is 25.6 Å². The average Bonchev–Trinajstić information content (AvgIpc) is 3.65. The molecule has 0 amide bonds. The molecule has 8 rings (SSSR count). The smallest absolute Gasteiger partial charge is 0.149 e. The molecule has 2 aromatic heterocycles. The fourth-order valence-corrected chi connectivity index (χ4v) is 8.40. The fourth-order valence-electron chi connectivity index (χ4n) is 8.40. The van der Waals surface area contributed by atoms with Crippen LogP contribution in [0.4, 0.5) is 0 Å². The average molecular weight is 818 g/mol. The molecule has 0 aliphatic heterocycles. The van der Waals surface area contributed by atoms with Crippen LogP contribution in [0.5, 0.6) is 5.75 Å². The lowest BCUT2D eigenvalue weighted by Gasteiger charge is -2.22. The zero-order chi connectivity index (χ0) is 45.9. The third-order valence-electron chi connectivity index (χ3n) is 12.2. The number of benzene rings is 6. The molecule has 0 aliphatic carbocycles. The summed E-state index contributed by atoms with van der Waals surface area (Å²) in [5, 5.41) is 12.3. The number of hydrogen-bond donors (Lipinski definition) is 1. The first kappa shape index (κ1) is 39.9. The highest BCUT2D eigenvalue weighted by Crippen LogP contribution is 2.45. The van der Waals surface area contributed by atoms with E-state index in [0.29, 0.717) is 11.4 Å². The van der Waals surface area contributed by atoms with Crippen LogP contribution < -0.4 is 0 Å². The van der Waals surface area contributed by atoms with E-state index in [1.165, 1.54) is 5.56 Å². The van der Waals surface area contributed by atoms with Gasteiger partial charge in [-0.15, -0.1) is 0 Å². The Balaban J connectivity index is 1.41. The number of rotatable bonds is 10. The summed E-state index contributed by atoms with van der Waals surface area (Å²) in [7, 11) is 0. The van der Waals surface area contributed by atoms with E-state index < -0.39 is 11.8 Å². The molecule has 314 valence electrons. The first-order chi connectivity index (χ1) is 30.2. The molecule has 0 bridgehead atoms. The van der Waals surface area contributed by atoms with Gasteiger partial charge >= 0.3 is 0 Å². The standard InChI is InChI=1S/C58H61N3O/c1-35(2)39-20-22-40(23-21-39)43-26-27-59-52(34-43)46-28-45(29-47(30-46)58(9,10)11)48-18-15-19-54-55(48)60-57(51-33-44(37(5)6)32-49(38(7)8)56(51)62)61(54)53-25-24-42(36(3)4)31-50(53)41-16-13-12-14-17-41/h12-38,62H,1-11H3/i35D,36D. The molecule has 6 aromatic carbocycles. The summed E-state index contributed by atoms with van der Waals surface area (Å²) in [6.07, 6.45) is 1.88. The molecule has 0 saturated heterocycles. The summed E-state index contributed by atoms with van der Waals surface area (Å²) >= 11 is 0. The molecule has 62 heavy (non-hydrogen) atoms. The van der Waals surface area contributed by atoms with Crippen molar-refractivity contribution in [3.05, 3.63) is 167 Å². The molecule has 0 atom stereocenters. The van der Waals surface area contributed by atoms with Crippen LogP contribution in [0.2, 0.25) is 0 Å². The van der Waals surface area contributed by atoms with Gasteiger partial charge in [-0.3, -0.25) is 9.55 Å². The summed E-state index contributed by atoms with van der Waals surface area (Å²) < 4.78 is 19.7. The van der Waals surface area contributed by atoms with Crippen molar-refractivity contribution >= 4 is 11.0 Å². The number of fused-ring (bicyclic) bond motifs is 1. The van der Waals surface area contributed by atoms with Gasteiger partial charge in [0.15, 0.2) is 0 Å². The summed E-state index contributed by atoms with van der Waals surface area (Å²) in [6, 6.07) is 46.6. The van der Waals surface area contributed by atoms with Crippen LogP contribution in [0.15, 0.2) is 140 Å². The van der Waals surface area contributed by atoms with Crippen molar-refractivity contribution in [1.29, 1.82) is 0 Å². The number of phenolic OH excluding ortho intramolecular Hbond substituents is 1. The minimum atomic E-state index is -0.820. The molecule has 0 unspecified atom stereocenters. The molecule has 0 fully saturated rings. The van der Waals surface area contributed by atoms with Crippen LogP contribution in [0.25, 0.3) is 72.7 Å². The SMILES string of the molecule is [2H]C(C)(C)c1ccc(-c2ccnc(-c3cc(-c4cccc5c4nc(-c4cc(C(C)C)cc(C(C)C)c4O)n5-c4ccc(C([2H])(C)C)cc4-c4ccccc4)cc(C(C)(C)C)c3)c2)cc1. The van der Waals surface area contributed by atoms with Gasteiger partial charge in [0.05, 0.1) is 28.0 Å². The molecule has 2 heterocycles. The zero-order valence-corrected chi connectivity index (χ0v) is 38.2. The Morgan fingerprint density at radius 1 is 0.548 bits per heavy atom. The molecule has 0 aliphatic rings. The fraction of sp³-hybridized carbons (Fsp3) is 0.276. The maximum Gasteiger partial charge on any atom is 0.149 e. The second-order valence-corrected chi connectivity index (χ2v) is 18.9. The van der Waals surface area contributed by atoms with Gasteiger partial charge in [-0.1, -0.05) is 161 Å². The van der Waals surface area contributed by atoms with E-state index in [4.69, 9.17) is 12.7 Å². The normalized spacial score (nSPS) is 12.9. The quantitative estimate of drug-likeness (QED) is 0.150. The summed E-state index contributed by atoms with van der Waals surface area (Å²) in [6.45, 7) is 23.0. The van der Waals surface area contributed by atoms with Crippen LogP contribution in [-0.4, -0.2) is 19.6 Å². The van der Waals surface area contributed by atoms with E-state index in [1.807, 2.05) is 58.2 Å². The molecule has 8 aromatic rings. The number of phenols is 1. The molecule has 1 N–H and O–H groups in total. The Bertz CT molecular complexity index is 3000. The topological polar surface area (TPSA) is 50.9 Å². The van der Waals surface area contributed by atoms with Crippen molar-refractivity contribution < 1.29 is 7.85 Å². The van der Waals surface area contributed by atoms with Crippen LogP contribution in [0, 0.1) is 0 Å². The molecule has 4 heteroatoms. The van der Waals surface area contributed by atoms with Crippen molar-refractivity contribution in [2.75, 3.05) is 0 Å². The number of imidazole rings is 1. The van der Waals surface area contributed by atoms with E-state index in [9.17, 15) is 5.11 Å². The number of nitrogens with zero attached hydrogens (tertiary/aromatic N) is 3. The first-order valence-electron chi connectivity index (χ1n) is 23.0. The highest BCUT2D eigenvalue weighted by Gasteiger charge is 2.26. The number of pyridine rings is 1. The van der Waals surface area contributed by atoms with Crippen LogP contribution in [-0.2, 0) is 5.41 Å². The molecule has 4 nitrogen and oxygen atoms in total. The Morgan fingerprint density at radius 3 is 1.89 bits per heavy atom. The second kappa shape index (κ2) is 16.9. The lowest BCUT2D eigenvalue weighted by Crippen LogP contribution is -2.11. The van der Waals surface area contributed by atoms with E-state index in [1.54, 1.807) is 0 Å². The monoisotopic (exact) mass is 817 g/mol.